The lowest BCUT2D eigenvalue weighted by molar-refractivity contribution is 0.226. The van der Waals surface area contributed by atoms with Gasteiger partial charge in [-0.3, -0.25) is 4.90 Å². The Morgan fingerprint density at radius 2 is 1.71 bits per heavy atom. The number of hydrogen-bond acceptors (Lipinski definition) is 2. The number of benzene rings is 1. The van der Waals surface area contributed by atoms with Crippen LogP contribution in [0.25, 0.3) is 0 Å². The lowest BCUT2D eigenvalue weighted by Crippen LogP contribution is -2.30. The van der Waals surface area contributed by atoms with Gasteiger partial charge in [-0.05, 0) is 69.3 Å². The van der Waals surface area contributed by atoms with Crippen molar-refractivity contribution in [2.75, 3.05) is 20.1 Å². The van der Waals surface area contributed by atoms with Gasteiger partial charge in [0.1, 0.15) is 0 Å². The average Bonchev–Trinajstić information content (AvgIpc) is 3.29. The van der Waals surface area contributed by atoms with Gasteiger partial charge in [-0.1, -0.05) is 38.1 Å². The molecule has 2 nitrogen and oxygen atoms in total. The maximum atomic E-state index is 3.51. The minimum absolute atomic E-state index is 0.727. The van der Waals surface area contributed by atoms with Gasteiger partial charge in [0.15, 0.2) is 0 Å². The molecule has 0 amide bonds. The summed E-state index contributed by atoms with van der Waals surface area (Å²) in [5, 5.41) is 3.51. The molecule has 2 heteroatoms. The molecule has 1 aromatic carbocycles. The highest BCUT2D eigenvalue weighted by Crippen LogP contribution is 2.35. The highest BCUT2D eigenvalue weighted by atomic mass is 15.1. The molecule has 0 heterocycles. The van der Waals surface area contributed by atoms with Crippen molar-refractivity contribution in [3.05, 3.63) is 35.4 Å². The molecular formula is C19H32N2. The number of rotatable bonds is 9. The van der Waals surface area contributed by atoms with E-state index < -0.39 is 0 Å². The first-order valence-corrected chi connectivity index (χ1v) is 8.55. The molecular weight excluding hydrogens is 256 g/mol. The van der Waals surface area contributed by atoms with Gasteiger partial charge in [0, 0.05) is 12.6 Å². The van der Waals surface area contributed by atoms with Crippen LogP contribution in [0.1, 0.15) is 44.7 Å². The van der Waals surface area contributed by atoms with Crippen molar-refractivity contribution in [2.24, 2.45) is 11.8 Å². The summed E-state index contributed by atoms with van der Waals surface area (Å²) in [7, 11) is 2.26. The number of nitrogens with zero attached hydrogens (tertiary/aromatic N) is 1. The monoisotopic (exact) mass is 288 g/mol. The molecule has 0 radical (unpaired) electrons. The molecule has 1 unspecified atom stereocenters. The van der Waals surface area contributed by atoms with Crippen LogP contribution >= 0.6 is 0 Å². The summed E-state index contributed by atoms with van der Waals surface area (Å²) in [6.45, 7) is 10.1. The third kappa shape index (κ3) is 5.80. The Hall–Kier alpha value is -0.860. The molecule has 0 bridgehead atoms. The van der Waals surface area contributed by atoms with Gasteiger partial charge < -0.3 is 5.32 Å². The summed E-state index contributed by atoms with van der Waals surface area (Å²) in [5.74, 6) is 1.68. The summed E-state index contributed by atoms with van der Waals surface area (Å²) in [6, 6.07) is 9.91. The maximum Gasteiger partial charge on any atom is 0.0233 e. The molecule has 1 N–H and O–H groups in total. The quantitative estimate of drug-likeness (QED) is 0.697. The fourth-order valence-electron chi connectivity index (χ4n) is 2.81. The zero-order valence-electron chi connectivity index (χ0n) is 14.2. The molecule has 1 aromatic rings. The molecule has 0 spiro atoms. The van der Waals surface area contributed by atoms with Crippen molar-refractivity contribution < 1.29 is 0 Å². The van der Waals surface area contributed by atoms with Crippen LogP contribution in [-0.2, 0) is 13.0 Å². The van der Waals surface area contributed by atoms with E-state index in [0.717, 1.165) is 43.9 Å². The van der Waals surface area contributed by atoms with E-state index in [1.54, 1.807) is 0 Å². The molecule has 1 aliphatic carbocycles. The molecule has 1 fully saturated rings. The zero-order chi connectivity index (χ0) is 15.2. The van der Waals surface area contributed by atoms with E-state index in [2.05, 4.69) is 62.3 Å². The van der Waals surface area contributed by atoms with E-state index in [1.165, 1.54) is 24.0 Å². The molecule has 118 valence electrons. The second-order valence-corrected chi connectivity index (χ2v) is 7.16. The van der Waals surface area contributed by atoms with Gasteiger partial charge in [0.2, 0.25) is 0 Å². The van der Waals surface area contributed by atoms with Crippen LogP contribution in [0.2, 0.25) is 0 Å². The largest absolute Gasteiger partial charge is 0.316 e. The smallest absolute Gasteiger partial charge is 0.0233 e. The summed E-state index contributed by atoms with van der Waals surface area (Å²) in [4.78, 5) is 2.50. The lowest BCUT2D eigenvalue weighted by Gasteiger charge is -2.24. The van der Waals surface area contributed by atoms with Gasteiger partial charge in [-0.25, -0.2) is 0 Å². The second kappa shape index (κ2) is 7.95. The first kappa shape index (κ1) is 16.5. The Kier molecular flexibility index (Phi) is 6.25. The Bertz CT molecular complexity index is 406. The average molecular weight is 288 g/mol. The van der Waals surface area contributed by atoms with Gasteiger partial charge in [-0.15, -0.1) is 0 Å². The van der Waals surface area contributed by atoms with Crippen LogP contribution in [-0.4, -0.2) is 31.1 Å². The van der Waals surface area contributed by atoms with Crippen molar-refractivity contribution in [3.63, 3.8) is 0 Å². The number of nitrogens with one attached hydrogen (secondary N) is 1. The first-order chi connectivity index (χ1) is 10.1. The van der Waals surface area contributed by atoms with E-state index in [9.17, 15) is 0 Å². The summed E-state index contributed by atoms with van der Waals surface area (Å²) in [5.41, 5.74) is 2.87. The van der Waals surface area contributed by atoms with Crippen LogP contribution in [0.3, 0.4) is 0 Å². The minimum Gasteiger partial charge on any atom is -0.316 e. The Morgan fingerprint density at radius 3 is 2.29 bits per heavy atom. The molecule has 0 aromatic heterocycles. The summed E-state index contributed by atoms with van der Waals surface area (Å²) < 4.78 is 0. The van der Waals surface area contributed by atoms with Crippen molar-refractivity contribution in [2.45, 2.75) is 52.6 Å². The van der Waals surface area contributed by atoms with Gasteiger partial charge in [-0.2, -0.15) is 0 Å². The third-order valence-corrected chi connectivity index (χ3v) is 4.60. The topological polar surface area (TPSA) is 15.3 Å². The molecule has 0 saturated heterocycles. The Labute approximate surface area is 130 Å². The molecule has 1 aliphatic rings. The Balaban J connectivity index is 1.73. The molecule has 21 heavy (non-hydrogen) atoms. The van der Waals surface area contributed by atoms with Crippen LogP contribution in [0.15, 0.2) is 24.3 Å². The van der Waals surface area contributed by atoms with Crippen LogP contribution in [0.5, 0.6) is 0 Å². The highest BCUT2D eigenvalue weighted by molar-refractivity contribution is 5.22. The first-order valence-electron chi connectivity index (χ1n) is 8.55. The van der Waals surface area contributed by atoms with Gasteiger partial charge >= 0.3 is 0 Å². The van der Waals surface area contributed by atoms with E-state index in [1.807, 2.05) is 0 Å². The van der Waals surface area contributed by atoms with E-state index in [-0.39, 0.29) is 0 Å². The van der Waals surface area contributed by atoms with E-state index in [0.29, 0.717) is 0 Å². The SMILES string of the molecule is CC(C)CNCCc1ccc(CN(C)C(C)C2CC2)cc1. The number of hydrogen-bond donors (Lipinski definition) is 1. The minimum atomic E-state index is 0.727. The zero-order valence-corrected chi connectivity index (χ0v) is 14.2. The molecule has 1 atom stereocenters. The summed E-state index contributed by atoms with van der Waals surface area (Å²) in [6.07, 6.45) is 3.98. The molecule has 1 saturated carbocycles. The van der Waals surface area contributed by atoms with Crippen molar-refractivity contribution in [1.29, 1.82) is 0 Å². The molecule has 2 rings (SSSR count). The fraction of sp³-hybridized carbons (Fsp3) is 0.684. The standard InChI is InChI=1S/C19H32N2/c1-15(2)13-20-12-11-17-5-7-18(8-6-17)14-21(4)16(3)19-9-10-19/h5-8,15-16,19-20H,9-14H2,1-4H3. The second-order valence-electron chi connectivity index (χ2n) is 7.16. The van der Waals surface area contributed by atoms with E-state index >= 15 is 0 Å². The predicted octanol–water partition coefficient (Wildman–Crippen LogP) is 3.71. The predicted molar refractivity (Wildman–Crippen MR) is 91.5 cm³/mol. The lowest BCUT2D eigenvalue weighted by atomic mass is 10.1. The normalized spacial score (nSPS) is 16.7. The van der Waals surface area contributed by atoms with Crippen LogP contribution in [0, 0.1) is 11.8 Å². The maximum absolute atomic E-state index is 3.51. The van der Waals surface area contributed by atoms with Crippen LogP contribution < -0.4 is 5.32 Å². The fourth-order valence-corrected chi connectivity index (χ4v) is 2.81. The van der Waals surface area contributed by atoms with Gasteiger partial charge in [0.05, 0.1) is 0 Å². The van der Waals surface area contributed by atoms with Crippen molar-refractivity contribution in [1.82, 2.24) is 10.2 Å². The van der Waals surface area contributed by atoms with Gasteiger partial charge in [0.25, 0.3) is 0 Å². The Morgan fingerprint density at radius 1 is 1.10 bits per heavy atom. The van der Waals surface area contributed by atoms with Crippen LogP contribution in [0.4, 0.5) is 0 Å². The third-order valence-electron chi connectivity index (χ3n) is 4.60. The van der Waals surface area contributed by atoms with Crippen molar-refractivity contribution in [3.8, 4) is 0 Å². The highest BCUT2D eigenvalue weighted by Gasteiger charge is 2.30. The van der Waals surface area contributed by atoms with E-state index in [4.69, 9.17) is 0 Å². The molecule has 0 aliphatic heterocycles. The summed E-state index contributed by atoms with van der Waals surface area (Å²) >= 11 is 0. The van der Waals surface area contributed by atoms with Crippen molar-refractivity contribution >= 4 is 0 Å².